The number of halogens is 26. The van der Waals surface area contributed by atoms with Crippen LogP contribution in [0.2, 0.25) is 0 Å². The molecule has 4 aliphatic heterocycles. The average molecular weight is 1950 g/mol. The van der Waals surface area contributed by atoms with E-state index >= 15 is 9.59 Å². The highest BCUT2D eigenvalue weighted by Gasteiger charge is 2.92. The van der Waals surface area contributed by atoms with E-state index in [1.807, 2.05) is 0 Å². The Bertz CT molecular complexity index is 5140. The summed E-state index contributed by atoms with van der Waals surface area (Å²) in [5, 5.41) is 0. The lowest BCUT2D eigenvalue weighted by atomic mass is 9.91. The van der Waals surface area contributed by atoms with Crippen molar-refractivity contribution in [2.75, 3.05) is 41.7 Å². The summed E-state index contributed by atoms with van der Waals surface area (Å²) in [4.78, 5) is 30.4. The third-order valence-electron chi connectivity index (χ3n) is 21.8. The Morgan fingerprint density at radius 1 is 0.299 bits per heavy atom. The number of rotatable bonds is 38. The first-order valence-corrected chi connectivity index (χ1v) is 40.3. The summed E-state index contributed by atoms with van der Waals surface area (Å²) < 4.78 is 468. The standard InChI is InChI=1S/C90H82F26O18/c1-119-61-38-37-60-66(122-4)70(61)134-78-74(128-46-56-25-15-8-16-26-56)72(126-44-54-21-11-6-12-22-54)68(123-47-57-33-29-51(30-34-57)27-17-39-79(91,92)81(95,96)83(99,100)85(103,104)87(107,108)89(111,112)113)64(132-78)49-129-75(117)59-41-62(120-2)67(63(42-59)121-3)133-77-73(127-45-55-23-13-7-14-24-55)71(125-43-53-19-9-5-10-20-53)69(65(131-77)50-130-76(60)118)124-48-58-35-31-52(32-36-58)28-18-40-80(93,94)82(97,98)84(101,102)86(105,106)88(109,110)90(114,115)116/h5-16,19-26,29-38,41-42,64-65,68-69,71-74,77-78H,17-18,27-28,39-40,43-50H2,1-4H3/t64-,65-,68-,69-,71+,72+,73-,74-,77+,78+/m1/s1. The van der Waals surface area contributed by atoms with E-state index in [-0.39, 0.29) is 77.2 Å². The minimum absolute atomic E-state index is 0.0459. The molecule has 8 aromatic rings. The lowest BCUT2D eigenvalue weighted by Crippen LogP contribution is -2.70. The third-order valence-corrected chi connectivity index (χ3v) is 21.8. The Hall–Kier alpha value is -10.6. The molecule has 8 aromatic carbocycles. The van der Waals surface area contributed by atoms with Gasteiger partial charge in [0, 0.05) is 12.8 Å². The molecule has 12 rings (SSSR count). The summed E-state index contributed by atoms with van der Waals surface area (Å²) in [6.45, 7) is -3.83. The van der Waals surface area contributed by atoms with Crippen LogP contribution in [0.5, 0.6) is 34.5 Å². The predicted octanol–water partition coefficient (Wildman–Crippen LogP) is 21.6. The molecule has 732 valence electrons. The zero-order valence-electron chi connectivity index (χ0n) is 70.3. The van der Waals surface area contributed by atoms with Crippen molar-refractivity contribution in [3.8, 4) is 34.5 Å². The van der Waals surface area contributed by atoms with E-state index in [1.54, 1.807) is 121 Å². The molecule has 4 aliphatic rings. The minimum Gasteiger partial charge on any atom is -0.493 e. The smallest absolute Gasteiger partial charge is 0.460 e. The normalized spacial score (nSPS) is 20.7. The molecule has 0 spiro atoms. The van der Waals surface area contributed by atoms with Gasteiger partial charge in [0.15, 0.2) is 23.0 Å². The summed E-state index contributed by atoms with van der Waals surface area (Å²) in [5.74, 6) is -79.9. The summed E-state index contributed by atoms with van der Waals surface area (Å²) >= 11 is 0. The highest BCUT2D eigenvalue weighted by Crippen LogP contribution is 2.63. The van der Waals surface area contributed by atoms with Crippen LogP contribution in [0, 0.1) is 0 Å². The van der Waals surface area contributed by atoms with Crippen LogP contribution in [0.3, 0.4) is 0 Å². The van der Waals surface area contributed by atoms with Gasteiger partial charge in [-0.25, -0.2) is 9.59 Å². The van der Waals surface area contributed by atoms with Gasteiger partial charge in [0.25, 0.3) is 0 Å². The van der Waals surface area contributed by atoms with Crippen molar-refractivity contribution in [1.82, 2.24) is 0 Å². The van der Waals surface area contributed by atoms with Crippen molar-refractivity contribution in [2.45, 2.75) is 211 Å². The van der Waals surface area contributed by atoms with E-state index in [2.05, 4.69) is 0 Å². The summed E-state index contributed by atoms with van der Waals surface area (Å²) in [6.07, 6.45) is -40.2. The zero-order chi connectivity index (χ0) is 98.0. The fourth-order valence-electron chi connectivity index (χ4n) is 14.4. The van der Waals surface area contributed by atoms with Gasteiger partial charge >= 0.3 is 83.5 Å². The number of fused-ring (bicyclic) bond motifs is 6. The molecule has 0 N–H and O–H groups in total. The van der Waals surface area contributed by atoms with E-state index in [1.165, 1.54) is 82.0 Å². The van der Waals surface area contributed by atoms with Crippen molar-refractivity contribution in [1.29, 1.82) is 0 Å². The Morgan fingerprint density at radius 3 is 0.910 bits per heavy atom. The lowest BCUT2D eigenvalue weighted by molar-refractivity contribution is -0.440. The molecule has 4 heterocycles. The van der Waals surface area contributed by atoms with Crippen LogP contribution in [0.15, 0.2) is 194 Å². The van der Waals surface area contributed by atoms with Gasteiger partial charge in [-0.2, -0.15) is 114 Å². The number of ether oxygens (including phenoxy) is 16. The van der Waals surface area contributed by atoms with Crippen molar-refractivity contribution < 1.29 is 200 Å². The second-order valence-electron chi connectivity index (χ2n) is 30.8. The molecule has 0 aliphatic carbocycles. The van der Waals surface area contributed by atoms with Gasteiger partial charge in [-0.3, -0.25) is 0 Å². The third kappa shape index (κ3) is 22.1. The van der Waals surface area contributed by atoms with Crippen LogP contribution >= 0.6 is 0 Å². The van der Waals surface area contributed by atoms with Crippen LogP contribution in [0.1, 0.15) is 90.9 Å². The largest absolute Gasteiger partial charge is 0.493 e. The SMILES string of the molecule is COc1cc2cc(OC)c1O[C@@H]1O[C@H](COC(=O)c3ccc(OC)c(c3OC)O[C@@H]3O[C@H](COC2=O)[C@@H](OCc2ccc(CCCC(F)(F)C(F)(F)C(F)(F)C(F)(F)C(F)(F)C(F)(F)F)cc2)[C@H](OCc2ccccc2)[C@H]3OCc2ccccc2)[C@@H](OCc2ccc(CCCC(F)(F)C(F)(F)C(F)(F)C(F)(F)C(F)(F)C(F)(F)F)cc2)[C@H](OCc2ccccc2)[C@H]1OCc1ccccc1. The first-order valence-electron chi connectivity index (χ1n) is 40.3. The number of aryl methyl sites for hydroxylation is 2. The van der Waals surface area contributed by atoms with Crippen LogP contribution < -0.4 is 28.4 Å². The van der Waals surface area contributed by atoms with E-state index in [0.717, 1.165) is 19.2 Å². The lowest BCUT2D eigenvalue weighted by Gasteiger charge is -2.45. The first kappa shape index (κ1) is 104. The van der Waals surface area contributed by atoms with Gasteiger partial charge in [-0.15, -0.1) is 0 Å². The van der Waals surface area contributed by atoms with Crippen molar-refractivity contribution >= 4 is 11.9 Å². The van der Waals surface area contributed by atoms with Gasteiger partial charge in [0.2, 0.25) is 24.1 Å². The van der Waals surface area contributed by atoms with E-state index in [0.29, 0.717) is 22.3 Å². The van der Waals surface area contributed by atoms with Crippen molar-refractivity contribution in [3.63, 3.8) is 0 Å². The molecule has 44 heteroatoms. The molecular formula is C90H82F26O18. The van der Waals surface area contributed by atoms with Crippen molar-refractivity contribution in [3.05, 3.63) is 250 Å². The number of hydrogen-bond donors (Lipinski definition) is 0. The number of methoxy groups -OCH3 is 4. The average Bonchev–Trinajstić information content (AvgIpc) is 0.714. The van der Waals surface area contributed by atoms with Crippen molar-refractivity contribution in [2.24, 2.45) is 0 Å². The molecule has 2 fully saturated rings. The second kappa shape index (κ2) is 41.9. The fourth-order valence-corrected chi connectivity index (χ4v) is 14.4. The van der Waals surface area contributed by atoms with Gasteiger partial charge < -0.3 is 75.8 Å². The van der Waals surface area contributed by atoms with E-state index in [4.69, 9.17) is 75.8 Å². The molecular weight excluding hydrogens is 1860 g/mol. The number of esters is 2. The first-order chi connectivity index (χ1) is 62.9. The number of hydrogen-bond acceptors (Lipinski definition) is 18. The Morgan fingerprint density at radius 2 is 0.590 bits per heavy atom. The summed E-state index contributed by atoms with van der Waals surface area (Å²) in [7, 11) is 4.65. The van der Waals surface area contributed by atoms with Crippen LogP contribution in [0.4, 0.5) is 114 Å². The molecule has 134 heavy (non-hydrogen) atoms. The van der Waals surface area contributed by atoms with Gasteiger partial charge in [0.05, 0.1) is 73.6 Å². The van der Waals surface area contributed by atoms with Gasteiger partial charge in [-0.1, -0.05) is 170 Å². The molecule has 0 radical (unpaired) electrons. The Kier molecular flexibility index (Phi) is 32.5. The summed E-state index contributed by atoms with van der Waals surface area (Å²) in [6, 6.07) is 48.3. The molecule has 2 saturated heterocycles. The maximum Gasteiger partial charge on any atom is 0.460 e. The number of alkyl halides is 26. The minimum atomic E-state index is -8.08. The van der Waals surface area contributed by atoms with Gasteiger partial charge in [-0.05, 0) is 94.5 Å². The van der Waals surface area contributed by atoms with Gasteiger partial charge in [0.1, 0.15) is 67.6 Å². The quantitative estimate of drug-likeness (QED) is 0.0263. The van der Waals surface area contributed by atoms with E-state index in [9.17, 15) is 114 Å². The Balaban J connectivity index is 0.955. The number of carbonyl (C=O) groups is 2. The maximum atomic E-state index is 15.4. The molecule has 0 unspecified atom stereocenters. The molecule has 0 saturated carbocycles. The van der Waals surface area contributed by atoms with Crippen LogP contribution in [-0.4, -0.2) is 187 Å². The molecule has 0 amide bonds. The number of carbonyl (C=O) groups excluding carboxylic acids is 2. The molecule has 8 bridgehead atoms. The predicted molar refractivity (Wildman–Crippen MR) is 416 cm³/mol. The van der Waals surface area contributed by atoms with Crippen LogP contribution in [0.25, 0.3) is 0 Å². The maximum absolute atomic E-state index is 15.4. The van der Waals surface area contributed by atoms with Crippen LogP contribution in [-0.2, 0) is 99.9 Å². The molecule has 18 nitrogen and oxygen atoms in total. The fraction of sp³-hybridized carbons (Fsp3) is 0.444. The Labute approximate surface area is 746 Å². The second-order valence-corrected chi connectivity index (χ2v) is 30.8. The highest BCUT2D eigenvalue weighted by molar-refractivity contribution is 5.94. The number of benzene rings is 8. The highest BCUT2D eigenvalue weighted by atomic mass is 19.4. The molecule has 0 aromatic heterocycles. The summed E-state index contributed by atoms with van der Waals surface area (Å²) in [5.41, 5.74) is 1.67. The monoisotopic (exact) mass is 1940 g/mol. The zero-order valence-corrected chi connectivity index (χ0v) is 70.3. The van der Waals surface area contributed by atoms with E-state index < -0.39 is 227 Å². The topological polar surface area (TPSA) is 182 Å². The molecule has 10 atom stereocenters.